The highest BCUT2D eigenvalue weighted by Gasteiger charge is 2.43. The summed E-state index contributed by atoms with van der Waals surface area (Å²) in [5.74, 6) is 0.301. The number of hydrogen-bond acceptors (Lipinski definition) is 2. The van der Waals surface area contributed by atoms with Crippen LogP contribution in [0.2, 0.25) is 0 Å². The van der Waals surface area contributed by atoms with Crippen LogP contribution in [0.3, 0.4) is 0 Å². The SMILES string of the molecule is Cc1cc(C2(C(=O)O)CCCC2)cc2c1OCC2. The van der Waals surface area contributed by atoms with Crippen molar-refractivity contribution in [3.8, 4) is 5.75 Å². The second-order valence-corrected chi connectivity index (χ2v) is 5.47. The maximum atomic E-state index is 11.7. The highest BCUT2D eigenvalue weighted by molar-refractivity contribution is 5.82. The first-order valence-electron chi connectivity index (χ1n) is 6.64. The number of benzene rings is 1. The number of ether oxygens (including phenoxy) is 1. The molecule has 1 saturated carbocycles. The Morgan fingerprint density at radius 3 is 2.72 bits per heavy atom. The van der Waals surface area contributed by atoms with Crippen molar-refractivity contribution in [1.82, 2.24) is 0 Å². The first-order valence-corrected chi connectivity index (χ1v) is 6.64. The molecule has 18 heavy (non-hydrogen) atoms. The normalized spacial score (nSPS) is 20.5. The van der Waals surface area contributed by atoms with Gasteiger partial charge in [0.2, 0.25) is 0 Å². The summed E-state index contributed by atoms with van der Waals surface area (Å²) in [4.78, 5) is 11.7. The molecule has 1 fully saturated rings. The zero-order chi connectivity index (χ0) is 12.8. The van der Waals surface area contributed by atoms with Gasteiger partial charge in [-0.25, -0.2) is 0 Å². The number of carboxylic acids is 1. The zero-order valence-corrected chi connectivity index (χ0v) is 10.7. The zero-order valence-electron chi connectivity index (χ0n) is 10.7. The van der Waals surface area contributed by atoms with Gasteiger partial charge in [0.05, 0.1) is 12.0 Å². The van der Waals surface area contributed by atoms with Crippen LogP contribution in [-0.2, 0) is 16.6 Å². The molecular formula is C15H18O3. The summed E-state index contributed by atoms with van der Waals surface area (Å²) in [5, 5.41) is 9.63. The molecule has 3 heteroatoms. The first kappa shape index (κ1) is 11.6. The fraction of sp³-hybridized carbons (Fsp3) is 0.533. The summed E-state index contributed by atoms with van der Waals surface area (Å²) < 4.78 is 5.59. The largest absolute Gasteiger partial charge is 0.493 e. The molecule has 1 aliphatic carbocycles. The van der Waals surface area contributed by atoms with Gasteiger partial charge in [-0.05, 0) is 36.5 Å². The molecule has 0 saturated heterocycles. The number of fused-ring (bicyclic) bond motifs is 1. The molecule has 3 rings (SSSR count). The molecule has 0 spiro atoms. The minimum absolute atomic E-state index is 0.650. The van der Waals surface area contributed by atoms with Crippen LogP contribution in [0.4, 0.5) is 0 Å². The number of hydrogen-bond donors (Lipinski definition) is 1. The van der Waals surface area contributed by atoms with E-state index in [1.165, 1.54) is 5.56 Å². The highest BCUT2D eigenvalue weighted by atomic mass is 16.5. The Labute approximate surface area is 107 Å². The van der Waals surface area contributed by atoms with Crippen molar-refractivity contribution >= 4 is 5.97 Å². The van der Waals surface area contributed by atoms with E-state index < -0.39 is 11.4 Å². The molecular weight excluding hydrogens is 228 g/mol. The van der Waals surface area contributed by atoms with E-state index in [1.807, 2.05) is 13.0 Å². The molecule has 1 aromatic carbocycles. The lowest BCUT2D eigenvalue weighted by Gasteiger charge is -2.25. The van der Waals surface area contributed by atoms with Gasteiger partial charge in [-0.15, -0.1) is 0 Å². The number of carboxylic acid groups (broad SMARTS) is 1. The van der Waals surface area contributed by atoms with E-state index >= 15 is 0 Å². The van der Waals surface area contributed by atoms with Gasteiger partial charge >= 0.3 is 5.97 Å². The molecule has 0 atom stereocenters. The topological polar surface area (TPSA) is 46.5 Å². The van der Waals surface area contributed by atoms with Crippen molar-refractivity contribution < 1.29 is 14.6 Å². The van der Waals surface area contributed by atoms with E-state index in [-0.39, 0.29) is 0 Å². The molecule has 3 nitrogen and oxygen atoms in total. The van der Waals surface area contributed by atoms with E-state index in [0.29, 0.717) is 0 Å². The van der Waals surface area contributed by atoms with Crippen LogP contribution in [0.25, 0.3) is 0 Å². The fourth-order valence-electron chi connectivity index (χ4n) is 3.38. The van der Waals surface area contributed by atoms with Gasteiger partial charge in [0, 0.05) is 6.42 Å². The van der Waals surface area contributed by atoms with Crippen molar-refractivity contribution in [3.63, 3.8) is 0 Å². The van der Waals surface area contributed by atoms with E-state index in [1.54, 1.807) is 0 Å². The second-order valence-electron chi connectivity index (χ2n) is 5.47. The van der Waals surface area contributed by atoms with E-state index in [4.69, 9.17) is 4.74 Å². The fourth-order valence-corrected chi connectivity index (χ4v) is 3.38. The van der Waals surface area contributed by atoms with Crippen LogP contribution in [0, 0.1) is 6.92 Å². The monoisotopic (exact) mass is 246 g/mol. The van der Waals surface area contributed by atoms with Crippen molar-refractivity contribution in [1.29, 1.82) is 0 Å². The lowest BCUT2D eigenvalue weighted by Crippen LogP contribution is -2.32. The van der Waals surface area contributed by atoms with Gasteiger partial charge in [-0.1, -0.05) is 25.0 Å². The van der Waals surface area contributed by atoms with Crippen LogP contribution in [-0.4, -0.2) is 17.7 Å². The smallest absolute Gasteiger partial charge is 0.314 e. The van der Waals surface area contributed by atoms with Crippen LogP contribution < -0.4 is 4.74 Å². The molecule has 96 valence electrons. The van der Waals surface area contributed by atoms with Crippen molar-refractivity contribution in [2.45, 2.75) is 44.4 Å². The van der Waals surface area contributed by atoms with Crippen molar-refractivity contribution in [3.05, 3.63) is 28.8 Å². The maximum absolute atomic E-state index is 11.7. The first-order chi connectivity index (χ1) is 8.63. The summed E-state index contributed by atoms with van der Waals surface area (Å²) in [6.45, 7) is 2.73. The molecule has 0 radical (unpaired) electrons. The van der Waals surface area contributed by atoms with E-state index in [0.717, 1.165) is 55.6 Å². The lowest BCUT2D eigenvalue weighted by atomic mass is 9.77. The van der Waals surface area contributed by atoms with Crippen molar-refractivity contribution in [2.75, 3.05) is 6.61 Å². The minimum Gasteiger partial charge on any atom is -0.493 e. The number of aryl methyl sites for hydroxylation is 1. The predicted molar refractivity (Wildman–Crippen MR) is 68.2 cm³/mol. The summed E-state index contributed by atoms with van der Waals surface area (Å²) in [6.07, 6.45) is 4.46. The average molecular weight is 246 g/mol. The Kier molecular flexibility index (Phi) is 2.58. The Morgan fingerprint density at radius 1 is 1.33 bits per heavy atom. The van der Waals surface area contributed by atoms with Gasteiger partial charge in [-0.3, -0.25) is 4.79 Å². The van der Waals surface area contributed by atoms with Gasteiger partial charge in [-0.2, -0.15) is 0 Å². The maximum Gasteiger partial charge on any atom is 0.314 e. The predicted octanol–water partition coefficient (Wildman–Crippen LogP) is 2.83. The van der Waals surface area contributed by atoms with Gasteiger partial charge in [0.1, 0.15) is 5.75 Å². The van der Waals surface area contributed by atoms with Crippen LogP contribution in [0.1, 0.15) is 42.4 Å². The Bertz CT molecular complexity index is 499. The average Bonchev–Trinajstić information content (AvgIpc) is 2.98. The Hall–Kier alpha value is -1.51. The molecule has 1 N–H and O–H groups in total. The molecule has 0 unspecified atom stereocenters. The van der Waals surface area contributed by atoms with Gasteiger partial charge < -0.3 is 9.84 Å². The summed E-state index contributed by atoms with van der Waals surface area (Å²) >= 11 is 0. The third-order valence-electron chi connectivity index (χ3n) is 4.39. The second kappa shape index (κ2) is 4.01. The van der Waals surface area contributed by atoms with E-state index in [2.05, 4.69) is 6.07 Å². The quantitative estimate of drug-likeness (QED) is 0.872. The Morgan fingerprint density at radius 2 is 2.06 bits per heavy atom. The molecule has 1 aliphatic heterocycles. The number of carbonyl (C=O) groups is 1. The lowest BCUT2D eigenvalue weighted by molar-refractivity contribution is -0.143. The summed E-state index contributed by atoms with van der Waals surface area (Å²) in [7, 11) is 0. The number of rotatable bonds is 2. The third kappa shape index (κ3) is 1.53. The summed E-state index contributed by atoms with van der Waals surface area (Å²) in [6, 6.07) is 4.08. The molecule has 2 aliphatic rings. The summed E-state index contributed by atoms with van der Waals surface area (Å²) in [5.41, 5.74) is 2.59. The van der Waals surface area contributed by atoms with Crippen molar-refractivity contribution in [2.24, 2.45) is 0 Å². The standard InChI is InChI=1S/C15H18O3/c1-10-8-12(9-11-4-7-18-13(10)11)15(14(16)17)5-2-3-6-15/h8-9H,2-7H2,1H3,(H,16,17). The molecule has 0 aromatic heterocycles. The van der Waals surface area contributed by atoms with Crippen LogP contribution in [0.5, 0.6) is 5.75 Å². The molecule has 1 heterocycles. The minimum atomic E-state index is -0.668. The molecule has 0 bridgehead atoms. The molecule has 1 aromatic rings. The Balaban J connectivity index is 2.11. The third-order valence-corrected chi connectivity index (χ3v) is 4.39. The van der Waals surface area contributed by atoms with Crippen LogP contribution >= 0.6 is 0 Å². The van der Waals surface area contributed by atoms with E-state index in [9.17, 15) is 9.90 Å². The molecule has 0 amide bonds. The van der Waals surface area contributed by atoms with Gasteiger partial charge in [0.15, 0.2) is 0 Å². The number of aliphatic carboxylic acids is 1. The van der Waals surface area contributed by atoms with Gasteiger partial charge in [0.25, 0.3) is 0 Å². The highest BCUT2D eigenvalue weighted by Crippen LogP contribution is 2.44. The van der Waals surface area contributed by atoms with Crippen LogP contribution in [0.15, 0.2) is 12.1 Å².